The quantitative estimate of drug-likeness (QED) is 0.700. The van der Waals surface area contributed by atoms with Gasteiger partial charge in [-0.1, -0.05) is 18.2 Å². The van der Waals surface area contributed by atoms with E-state index in [2.05, 4.69) is 10.6 Å². The van der Waals surface area contributed by atoms with Gasteiger partial charge in [0, 0.05) is 11.4 Å². The summed E-state index contributed by atoms with van der Waals surface area (Å²) in [7, 11) is 0. The van der Waals surface area contributed by atoms with Crippen LogP contribution in [0.1, 0.15) is 34.1 Å². The molecule has 0 aliphatic carbocycles. The Morgan fingerprint density at radius 2 is 1.48 bits per heavy atom. The van der Waals surface area contributed by atoms with Crippen molar-refractivity contribution < 1.29 is 24.3 Å². The number of carbonyl (C=O) groups is 4. The van der Waals surface area contributed by atoms with E-state index >= 15 is 0 Å². The highest BCUT2D eigenvalue weighted by atomic mass is 16.4. The molecule has 0 aromatic heterocycles. The average Bonchev–Trinajstić information content (AvgIpc) is 2.54. The highest BCUT2D eigenvalue weighted by molar-refractivity contribution is 6.11. The number of anilines is 2. The van der Waals surface area contributed by atoms with Crippen molar-refractivity contribution in [3.8, 4) is 0 Å². The predicted molar refractivity (Wildman–Crippen MR) is 91.7 cm³/mol. The Morgan fingerprint density at radius 3 is 2.08 bits per heavy atom. The number of amides is 2. The fourth-order valence-corrected chi connectivity index (χ4v) is 2.17. The van der Waals surface area contributed by atoms with Gasteiger partial charge in [0.25, 0.3) is 5.91 Å². The Bertz CT molecular complexity index is 845. The molecule has 0 fully saturated rings. The van der Waals surface area contributed by atoms with Gasteiger partial charge in [0.05, 0.1) is 17.5 Å². The molecule has 0 bridgehead atoms. The monoisotopic (exact) mass is 340 g/mol. The molecule has 25 heavy (non-hydrogen) atoms. The number of aromatic carboxylic acids is 1. The van der Waals surface area contributed by atoms with Crippen LogP contribution in [-0.2, 0) is 9.59 Å². The van der Waals surface area contributed by atoms with Gasteiger partial charge in [0.1, 0.15) is 5.78 Å². The van der Waals surface area contributed by atoms with E-state index in [1.165, 1.54) is 31.2 Å². The molecule has 2 aromatic rings. The Hall–Kier alpha value is -3.48. The van der Waals surface area contributed by atoms with Crippen LogP contribution in [0.3, 0.4) is 0 Å². The van der Waals surface area contributed by atoms with E-state index in [-0.39, 0.29) is 23.3 Å². The number of nitrogens with one attached hydrogen (secondary N) is 2. The maximum absolute atomic E-state index is 12.3. The second-order valence-electron chi connectivity index (χ2n) is 5.31. The van der Waals surface area contributed by atoms with Crippen LogP contribution in [0.2, 0.25) is 0 Å². The van der Waals surface area contributed by atoms with Crippen molar-refractivity contribution >= 4 is 34.9 Å². The Morgan fingerprint density at radius 1 is 0.880 bits per heavy atom. The maximum Gasteiger partial charge on any atom is 0.336 e. The lowest BCUT2D eigenvalue weighted by Gasteiger charge is -2.10. The van der Waals surface area contributed by atoms with Gasteiger partial charge in [-0.05, 0) is 37.3 Å². The molecule has 0 aliphatic rings. The number of carboxylic acids is 1. The molecular formula is C18H16N2O5. The topological polar surface area (TPSA) is 113 Å². The van der Waals surface area contributed by atoms with Gasteiger partial charge in [0.15, 0.2) is 0 Å². The van der Waals surface area contributed by atoms with Crippen LogP contribution < -0.4 is 10.6 Å². The van der Waals surface area contributed by atoms with E-state index in [1.54, 1.807) is 24.3 Å². The minimum atomic E-state index is -1.20. The lowest BCUT2D eigenvalue weighted by Crippen LogP contribution is -2.17. The molecule has 2 amide bonds. The molecule has 2 aromatic carbocycles. The first-order valence-electron chi connectivity index (χ1n) is 7.40. The summed E-state index contributed by atoms with van der Waals surface area (Å²) < 4.78 is 0. The fraction of sp³-hybridized carbons (Fsp3) is 0.111. The van der Waals surface area contributed by atoms with E-state index in [1.807, 2.05) is 0 Å². The van der Waals surface area contributed by atoms with Crippen molar-refractivity contribution in [3.63, 3.8) is 0 Å². The second-order valence-corrected chi connectivity index (χ2v) is 5.31. The first-order valence-corrected chi connectivity index (χ1v) is 7.40. The molecule has 3 N–H and O–H groups in total. The van der Waals surface area contributed by atoms with Crippen molar-refractivity contribution in [2.75, 3.05) is 10.6 Å². The molecule has 2 rings (SSSR count). The number of benzene rings is 2. The third kappa shape index (κ3) is 5.00. The predicted octanol–water partition coefficient (Wildman–Crippen LogP) is 2.55. The van der Waals surface area contributed by atoms with Gasteiger partial charge in [-0.15, -0.1) is 0 Å². The van der Waals surface area contributed by atoms with E-state index in [0.717, 1.165) is 0 Å². The van der Waals surface area contributed by atoms with Crippen molar-refractivity contribution in [3.05, 3.63) is 59.7 Å². The molecule has 7 heteroatoms. The summed E-state index contributed by atoms with van der Waals surface area (Å²) in [5.74, 6) is -2.49. The third-order valence-corrected chi connectivity index (χ3v) is 3.22. The third-order valence-electron chi connectivity index (χ3n) is 3.22. The molecule has 0 saturated heterocycles. The lowest BCUT2D eigenvalue weighted by molar-refractivity contribution is -0.124. The van der Waals surface area contributed by atoms with Crippen LogP contribution >= 0.6 is 0 Å². The van der Waals surface area contributed by atoms with Gasteiger partial charge in [-0.3, -0.25) is 14.4 Å². The number of carbonyl (C=O) groups excluding carboxylic acids is 3. The molecule has 0 saturated carbocycles. The summed E-state index contributed by atoms with van der Waals surface area (Å²) in [5.41, 5.74) is 0.716. The van der Waals surface area contributed by atoms with Crippen LogP contribution in [0.25, 0.3) is 0 Å². The highest BCUT2D eigenvalue weighted by Crippen LogP contribution is 2.17. The highest BCUT2D eigenvalue weighted by Gasteiger charge is 2.16. The number of hydrogen-bond acceptors (Lipinski definition) is 4. The van der Waals surface area contributed by atoms with Gasteiger partial charge in [0.2, 0.25) is 5.91 Å². The normalized spacial score (nSPS) is 9.96. The van der Waals surface area contributed by atoms with Crippen LogP contribution in [-0.4, -0.2) is 28.7 Å². The van der Waals surface area contributed by atoms with Gasteiger partial charge in [-0.2, -0.15) is 0 Å². The average molecular weight is 340 g/mol. The van der Waals surface area contributed by atoms with Crippen molar-refractivity contribution in [2.45, 2.75) is 13.3 Å². The standard InChI is InChI=1S/C18H16N2O5/c1-11(21)9-16(22)19-12-5-4-6-13(10-12)20-17(23)14-7-2-3-8-15(14)18(24)25/h2-8,10H,9H2,1H3,(H,19,22)(H,20,23)(H,24,25). The Balaban J connectivity index is 2.14. The lowest BCUT2D eigenvalue weighted by atomic mass is 10.1. The summed E-state index contributed by atoms with van der Waals surface area (Å²) in [6.07, 6.45) is -0.234. The summed E-state index contributed by atoms with van der Waals surface area (Å²) >= 11 is 0. The van der Waals surface area contributed by atoms with Crippen LogP contribution in [0.4, 0.5) is 11.4 Å². The zero-order chi connectivity index (χ0) is 18.4. The van der Waals surface area contributed by atoms with Crippen LogP contribution in [0.15, 0.2) is 48.5 Å². The smallest absolute Gasteiger partial charge is 0.336 e. The van der Waals surface area contributed by atoms with Crippen LogP contribution in [0, 0.1) is 0 Å². The summed E-state index contributed by atoms with van der Waals surface area (Å²) in [4.78, 5) is 46.0. The fourth-order valence-electron chi connectivity index (χ4n) is 2.17. The number of hydrogen-bond donors (Lipinski definition) is 3. The minimum absolute atomic E-state index is 0.0287. The van der Waals surface area contributed by atoms with Gasteiger partial charge in [-0.25, -0.2) is 4.79 Å². The first-order chi connectivity index (χ1) is 11.9. The molecule has 0 spiro atoms. The summed E-state index contributed by atoms with van der Waals surface area (Å²) in [5, 5.41) is 14.3. The van der Waals surface area contributed by atoms with Gasteiger partial charge < -0.3 is 15.7 Å². The number of carboxylic acid groups (broad SMARTS) is 1. The summed E-state index contributed by atoms with van der Waals surface area (Å²) in [6, 6.07) is 12.2. The van der Waals surface area contributed by atoms with Crippen molar-refractivity contribution in [2.24, 2.45) is 0 Å². The maximum atomic E-state index is 12.3. The number of Topliss-reactive ketones (excluding diaryl/α,β-unsaturated/α-hetero) is 1. The first kappa shape index (κ1) is 17.9. The molecule has 128 valence electrons. The van der Waals surface area contributed by atoms with Crippen molar-refractivity contribution in [1.29, 1.82) is 0 Å². The molecule has 0 unspecified atom stereocenters. The Kier molecular flexibility index (Phi) is 5.62. The minimum Gasteiger partial charge on any atom is -0.478 e. The van der Waals surface area contributed by atoms with Gasteiger partial charge >= 0.3 is 5.97 Å². The summed E-state index contributed by atoms with van der Waals surface area (Å²) in [6.45, 7) is 1.32. The SMILES string of the molecule is CC(=O)CC(=O)Nc1cccc(NC(=O)c2ccccc2C(=O)O)c1. The second kappa shape index (κ2) is 7.87. The zero-order valence-corrected chi connectivity index (χ0v) is 13.4. The molecule has 0 atom stereocenters. The van der Waals surface area contributed by atoms with E-state index < -0.39 is 17.8 Å². The number of ketones is 1. The van der Waals surface area contributed by atoms with E-state index in [9.17, 15) is 19.2 Å². The molecule has 0 heterocycles. The van der Waals surface area contributed by atoms with Crippen LogP contribution in [0.5, 0.6) is 0 Å². The molecule has 0 radical (unpaired) electrons. The van der Waals surface area contributed by atoms with Crippen molar-refractivity contribution in [1.82, 2.24) is 0 Å². The zero-order valence-electron chi connectivity index (χ0n) is 13.4. The molecular weight excluding hydrogens is 324 g/mol. The Labute approximate surface area is 143 Å². The van der Waals surface area contributed by atoms with E-state index in [4.69, 9.17) is 5.11 Å². The molecule has 0 aliphatic heterocycles. The molecule has 7 nitrogen and oxygen atoms in total. The number of rotatable bonds is 6. The largest absolute Gasteiger partial charge is 0.478 e. The van der Waals surface area contributed by atoms with E-state index in [0.29, 0.717) is 11.4 Å².